The number of nitrogens with zero attached hydrogens (tertiary/aromatic N) is 1. The van der Waals surface area contributed by atoms with Gasteiger partial charge in [-0.1, -0.05) is 0 Å². The second kappa shape index (κ2) is 6.15. The molecule has 23 heavy (non-hydrogen) atoms. The minimum absolute atomic E-state index is 0.305. The Morgan fingerprint density at radius 2 is 1.70 bits per heavy atom. The molecule has 0 aliphatic carbocycles. The van der Waals surface area contributed by atoms with E-state index in [1.54, 1.807) is 4.90 Å². The molecule has 1 aromatic heterocycles. The lowest BCUT2D eigenvalue weighted by molar-refractivity contribution is 0.00741. The second-order valence-corrected chi connectivity index (χ2v) is 8.85. The number of carbonyl (C=O) groups excluding carboxylic acids is 2. The summed E-state index contributed by atoms with van der Waals surface area (Å²) >= 11 is 1.40. The van der Waals surface area contributed by atoms with Crippen LogP contribution in [0.4, 0.5) is 4.79 Å². The molecule has 0 radical (unpaired) electrons. The Hall–Kier alpha value is -1.56. The van der Waals surface area contributed by atoms with Gasteiger partial charge in [0.15, 0.2) is 0 Å². The van der Waals surface area contributed by atoms with Gasteiger partial charge in [0.05, 0.1) is 6.54 Å². The summed E-state index contributed by atoms with van der Waals surface area (Å²) in [5, 5.41) is 0. The van der Waals surface area contributed by atoms with Gasteiger partial charge in [0.2, 0.25) is 0 Å². The quantitative estimate of drug-likeness (QED) is 0.726. The Bertz CT molecular complexity index is 607. The first-order valence-corrected chi connectivity index (χ1v) is 8.59. The summed E-state index contributed by atoms with van der Waals surface area (Å²) in [5.41, 5.74) is 0.106. The summed E-state index contributed by atoms with van der Waals surface area (Å²) in [6.07, 6.45) is 0.420. The third-order valence-corrected chi connectivity index (χ3v) is 4.28. The van der Waals surface area contributed by atoms with Crippen LogP contribution in [0.2, 0.25) is 0 Å². The van der Waals surface area contributed by atoms with Crippen LogP contribution in [0.25, 0.3) is 0 Å². The molecule has 0 spiro atoms. The maximum absolute atomic E-state index is 12.2. The van der Waals surface area contributed by atoms with Gasteiger partial charge in [0, 0.05) is 11.4 Å². The third-order valence-electron chi connectivity index (χ3n) is 3.13. The van der Waals surface area contributed by atoms with E-state index < -0.39 is 11.2 Å². The van der Waals surface area contributed by atoms with Crippen LogP contribution >= 0.6 is 11.3 Å². The minimum Gasteiger partial charge on any atom is -0.456 e. The first-order chi connectivity index (χ1) is 10.4. The van der Waals surface area contributed by atoms with E-state index in [-0.39, 0.29) is 12.1 Å². The van der Waals surface area contributed by atoms with Crippen LogP contribution in [-0.4, -0.2) is 34.7 Å². The lowest BCUT2D eigenvalue weighted by Gasteiger charge is -2.29. The molecule has 0 bridgehead atoms. The zero-order valence-corrected chi connectivity index (χ0v) is 15.5. The molecule has 0 aromatic carbocycles. The number of hydrogen-bond donors (Lipinski definition) is 0. The average molecular weight is 339 g/mol. The third kappa shape index (κ3) is 4.96. The van der Waals surface area contributed by atoms with Crippen LogP contribution in [0.3, 0.4) is 0 Å². The van der Waals surface area contributed by atoms with Crippen LogP contribution < -0.4 is 0 Å². The second-order valence-electron chi connectivity index (χ2n) is 7.71. The highest BCUT2D eigenvalue weighted by Crippen LogP contribution is 2.30. The molecule has 2 rings (SSSR count). The summed E-state index contributed by atoms with van der Waals surface area (Å²) in [7, 11) is 0. The smallest absolute Gasteiger partial charge is 0.410 e. The maximum Gasteiger partial charge on any atom is 0.410 e. The van der Waals surface area contributed by atoms with Crippen LogP contribution in [-0.2, 0) is 22.4 Å². The predicted molar refractivity (Wildman–Crippen MR) is 89.8 cm³/mol. The van der Waals surface area contributed by atoms with Crippen molar-refractivity contribution in [3.8, 4) is 0 Å². The molecular formula is C17H25NO4S. The number of rotatable bonds is 1. The zero-order valence-electron chi connectivity index (χ0n) is 14.7. The number of amides is 1. The topological polar surface area (TPSA) is 55.8 Å². The average Bonchev–Trinajstić information content (AvgIpc) is 2.77. The van der Waals surface area contributed by atoms with Crippen LogP contribution in [0.15, 0.2) is 6.07 Å². The fraction of sp³-hybridized carbons (Fsp3) is 0.647. The first kappa shape index (κ1) is 17.8. The summed E-state index contributed by atoms with van der Waals surface area (Å²) in [4.78, 5) is 27.6. The molecule has 0 atom stereocenters. The van der Waals surface area contributed by atoms with Crippen molar-refractivity contribution in [1.82, 2.24) is 4.90 Å². The van der Waals surface area contributed by atoms with Crippen molar-refractivity contribution in [1.29, 1.82) is 0 Å². The van der Waals surface area contributed by atoms with E-state index in [4.69, 9.17) is 9.47 Å². The van der Waals surface area contributed by atoms with Crippen molar-refractivity contribution in [3.05, 3.63) is 21.4 Å². The van der Waals surface area contributed by atoms with Gasteiger partial charge in [-0.25, -0.2) is 9.59 Å². The summed E-state index contributed by atoms with van der Waals surface area (Å²) < 4.78 is 10.8. The Balaban J connectivity index is 2.07. The van der Waals surface area contributed by atoms with Crippen LogP contribution in [0.5, 0.6) is 0 Å². The number of carbonyl (C=O) groups is 2. The number of fused-ring (bicyclic) bond motifs is 1. The Morgan fingerprint density at radius 1 is 1.09 bits per heavy atom. The van der Waals surface area contributed by atoms with Gasteiger partial charge >= 0.3 is 12.1 Å². The van der Waals surface area contributed by atoms with E-state index in [2.05, 4.69) is 0 Å². The SMILES string of the molecule is CC(C)(C)OC(=O)c1cc2c(s1)CN(C(=O)OC(C)(C)C)CC2. The number of hydrogen-bond acceptors (Lipinski definition) is 5. The molecule has 0 N–H and O–H groups in total. The fourth-order valence-electron chi connectivity index (χ4n) is 2.23. The van der Waals surface area contributed by atoms with Crippen LogP contribution in [0.1, 0.15) is 61.7 Å². The fourth-order valence-corrected chi connectivity index (χ4v) is 3.34. The Labute approximate surface area is 141 Å². The lowest BCUT2D eigenvalue weighted by Crippen LogP contribution is -2.39. The highest BCUT2D eigenvalue weighted by molar-refractivity contribution is 7.14. The molecule has 1 aliphatic heterocycles. The lowest BCUT2D eigenvalue weighted by atomic mass is 10.1. The summed E-state index contributed by atoms with van der Waals surface area (Å²) in [6, 6.07) is 1.89. The molecule has 0 saturated heterocycles. The molecule has 0 unspecified atom stereocenters. The van der Waals surface area contributed by atoms with Gasteiger partial charge in [-0.15, -0.1) is 11.3 Å². The zero-order chi connectivity index (χ0) is 17.4. The normalized spacial score (nSPS) is 15.1. The van der Waals surface area contributed by atoms with E-state index in [9.17, 15) is 9.59 Å². The largest absolute Gasteiger partial charge is 0.456 e. The van der Waals surface area contributed by atoms with Crippen molar-refractivity contribution >= 4 is 23.4 Å². The summed E-state index contributed by atoms with van der Waals surface area (Å²) in [5.74, 6) is -0.305. The van der Waals surface area contributed by atoms with E-state index in [0.717, 1.165) is 16.9 Å². The van der Waals surface area contributed by atoms with E-state index in [0.29, 0.717) is 18.0 Å². The summed E-state index contributed by atoms with van der Waals surface area (Å²) in [6.45, 7) is 12.2. The molecular weight excluding hydrogens is 314 g/mol. The molecule has 5 nitrogen and oxygen atoms in total. The molecule has 0 saturated carbocycles. The maximum atomic E-state index is 12.2. The van der Waals surface area contributed by atoms with E-state index in [1.807, 2.05) is 47.6 Å². The van der Waals surface area contributed by atoms with E-state index in [1.165, 1.54) is 11.3 Å². The minimum atomic E-state index is -0.510. The molecule has 1 amide bonds. The van der Waals surface area contributed by atoms with Crippen molar-refractivity contribution in [2.45, 2.75) is 65.7 Å². The van der Waals surface area contributed by atoms with Gasteiger partial charge in [-0.05, 0) is 59.6 Å². The monoisotopic (exact) mass is 339 g/mol. The van der Waals surface area contributed by atoms with Crippen molar-refractivity contribution in [2.24, 2.45) is 0 Å². The van der Waals surface area contributed by atoms with Gasteiger partial charge < -0.3 is 14.4 Å². The highest BCUT2D eigenvalue weighted by Gasteiger charge is 2.28. The standard InChI is InChI=1S/C17H25NO4S/c1-16(2,3)21-14(19)12-9-11-7-8-18(10-13(11)23-12)15(20)22-17(4,5)6/h9H,7-8,10H2,1-6H3. The van der Waals surface area contributed by atoms with E-state index >= 15 is 0 Å². The van der Waals surface area contributed by atoms with Gasteiger partial charge in [-0.2, -0.15) is 0 Å². The number of thiophene rings is 1. The van der Waals surface area contributed by atoms with Gasteiger partial charge in [0.25, 0.3) is 0 Å². The molecule has 2 heterocycles. The number of ether oxygens (including phenoxy) is 2. The van der Waals surface area contributed by atoms with Gasteiger partial charge in [0.1, 0.15) is 16.1 Å². The predicted octanol–water partition coefficient (Wildman–Crippen LogP) is 4.00. The van der Waals surface area contributed by atoms with Gasteiger partial charge in [-0.3, -0.25) is 0 Å². The van der Waals surface area contributed by atoms with Crippen molar-refractivity contribution < 1.29 is 19.1 Å². The molecule has 128 valence electrons. The van der Waals surface area contributed by atoms with Crippen molar-refractivity contribution in [3.63, 3.8) is 0 Å². The van der Waals surface area contributed by atoms with Crippen molar-refractivity contribution in [2.75, 3.05) is 6.54 Å². The number of esters is 1. The molecule has 1 aliphatic rings. The highest BCUT2D eigenvalue weighted by atomic mass is 32.1. The first-order valence-electron chi connectivity index (χ1n) is 7.77. The molecule has 1 aromatic rings. The van der Waals surface area contributed by atoms with Crippen LogP contribution in [0, 0.1) is 0 Å². The Kier molecular flexibility index (Phi) is 4.76. The molecule has 6 heteroatoms. The molecule has 0 fully saturated rings. The Morgan fingerprint density at radius 3 is 2.26 bits per heavy atom.